The third-order valence-electron chi connectivity index (χ3n) is 3.62. The van der Waals surface area contributed by atoms with E-state index in [2.05, 4.69) is 4.98 Å². The number of alkyl halides is 3. The minimum Gasteiger partial charge on any atom is -0.480 e. The summed E-state index contributed by atoms with van der Waals surface area (Å²) in [6.45, 7) is 0.0314. The number of ether oxygens (including phenoxy) is 2. The van der Waals surface area contributed by atoms with E-state index in [4.69, 9.17) is 31.0 Å². The zero-order valence-corrected chi connectivity index (χ0v) is 13.9. The Kier molecular flexibility index (Phi) is 4.71. The van der Waals surface area contributed by atoms with Crippen LogP contribution in [0, 0.1) is 11.3 Å². The Hall–Kier alpha value is -2.48. The van der Waals surface area contributed by atoms with E-state index in [9.17, 15) is 18.2 Å². The fourth-order valence-electron chi connectivity index (χ4n) is 2.46. The first kappa shape index (κ1) is 18.3. The molecule has 0 saturated heterocycles. The molecule has 0 aliphatic carbocycles. The van der Waals surface area contributed by atoms with E-state index < -0.39 is 24.7 Å². The van der Waals surface area contributed by atoms with Gasteiger partial charge in [0.05, 0.1) is 13.7 Å². The summed E-state index contributed by atoms with van der Waals surface area (Å²) in [5, 5.41) is 18.7. The van der Waals surface area contributed by atoms with E-state index in [0.29, 0.717) is 17.1 Å². The minimum absolute atomic E-state index is 0.0313. The van der Waals surface area contributed by atoms with Crippen LogP contribution in [0.1, 0.15) is 16.7 Å². The molecule has 0 unspecified atom stereocenters. The molecule has 1 aromatic heterocycles. The van der Waals surface area contributed by atoms with Crippen molar-refractivity contribution < 1.29 is 32.3 Å². The number of nitriles is 1. The maximum absolute atomic E-state index is 13.3. The van der Waals surface area contributed by atoms with Gasteiger partial charge in [-0.3, -0.25) is 0 Å². The van der Waals surface area contributed by atoms with Gasteiger partial charge < -0.3 is 19.2 Å². The van der Waals surface area contributed by atoms with Crippen molar-refractivity contribution in [2.45, 2.75) is 12.8 Å². The van der Waals surface area contributed by atoms with Crippen molar-refractivity contribution in [1.82, 2.24) is 4.98 Å². The average Bonchev–Trinajstić information content (AvgIpc) is 2.94. The first-order chi connectivity index (χ1) is 12.2. The van der Waals surface area contributed by atoms with Crippen LogP contribution in [0.3, 0.4) is 0 Å². The number of benzene rings is 1. The predicted octanol–water partition coefficient (Wildman–Crippen LogP) is 2.64. The molecular formula is C15H9BClF3N2O4. The third-order valence-corrected chi connectivity index (χ3v) is 3.93. The third kappa shape index (κ3) is 3.29. The van der Waals surface area contributed by atoms with Crippen LogP contribution >= 0.6 is 11.6 Å². The Morgan fingerprint density at radius 2 is 2.08 bits per heavy atom. The molecule has 134 valence electrons. The van der Waals surface area contributed by atoms with Crippen LogP contribution in [0.5, 0.6) is 17.5 Å². The summed E-state index contributed by atoms with van der Waals surface area (Å²) in [4.78, 5) is 3.65. The fraction of sp³-hybridized carbons (Fsp3) is 0.200. The Balaban J connectivity index is 2.08. The van der Waals surface area contributed by atoms with E-state index >= 15 is 0 Å². The smallest absolute Gasteiger partial charge is 0.480 e. The van der Waals surface area contributed by atoms with Crippen molar-refractivity contribution in [3.8, 4) is 23.6 Å². The standard InChI is InChI=1S/C15H9BClF3N2O4/c1-24-13-7(5-21)3-10(15(18,19)20)14(22-13)26-9-2-8-6-25-16(23)12(8)11(17)4-9/h2-4,23H,6H2,1H3. The van der Waals surface area contributed by atoms with Crippen molar-refractivity contribution in [2.24, 2.45) is 0 Å². The summed E-state index contributed by atoms with van der Waals surface area (Å²) in [6.07, 6.45) is -4.81. The lowest BCUT2D eigenvalue weighted by atomic mass is 9.79. The van der Waals surface area contributed by atoms with Crippen LogP contribution in [0.4, 0.5) is 13.2 Å². The molecule has 26 heavy (non-hydrogen) atoms. The Labute approximate surface area is 150 Å². The highest BCUT2D eigenvalue weighted by molar-refractivity contribution is 6.65. The van der Waals surface area contributed by atoms with Crippen molar-refractivity contribution in [3.63, 3.8) is 0 Å². The molecule has 2 aromatic rings. The highest BCUT2D eigenvalue weighted by atomic mass is 35.5. The summed E-state index contributed by atoms with van der Waals surface area (Å²) >= 11 is 6.04. The molecule has 0 spiro atoms. The fourth-order valence-corrected chi connectivity index (χ4v) is 2.79. The summed E-state index contributed by atoms with van der Waals surface area (Å²) in [6, 6.07) is 4.82. The monoisotopic (exact) mass is 384 g/mol. The zero-order valence-electron chi connectivity index (χ0n) is 13.1. The zero-order chi connectivity index (χ0) is 19.1. The van der Waals surface area contributed by atoms with Crippen molar-refractivity contribution in [1.29, 1.82) is 5.26 Å². The summed E-state index contributed by atoms with van der Waals surface area (Å²) < 4.78 is 55.0. The number of rotatable bonds is 3. The molecule has 3 rings (SSSR count). The summed E-state index contributed by atoms with van der Waals surface area (Å²) in [7, 11) is -0.0315. The van der Waals surface area contributed by atoms with E-state index in [1.807, 2.05) is 0 Å². The number of methoxy groups -OCH3 is 1. The lowest BCUT2D eigenvalue weighted by Gasteiger charge is -2.15. The van der Waals surface area contributed by atoms with Gasteiger partial charge in [-0.15, -0.1) is 0 Å². The van der Waals surface area contributed by atoms with Crippen molar-refractivity contribution >= 4 is 24.2 Å². The second-order valence-corrected chi connectivity index (χ2v) is 5.66. The second-order valence-electron chi connectivity index (χ2n) is 5.25. The Bertz CT molecular complexity index is 917. The SMILES string of the molecule is COc1nc(Oc2cc(Cl)c3c(c2)COB3O)c(C(F)(F)F)cc1C#N. The van der Waals surface area contributed by atoms with E-state index in [-0.39, 0.29) is 28.8 Å². The van der Waals surface area contributed by atoms with E-state index in [1.165, 1.54) is 19.2 Å². The number of fused-ring (bicyclic) bond motifs is 1. The molecule has 2 heterocycles. The molecule has 0 radical (unpaired) electrons. The molecule has 1 aliphatic heterocycles. The van der Waals surface area contributed by atoms with E-state index in [0.717, 1.165) is 0 Å². The van der Waals surface area contributed by atoms with Crippen LogP contribution in [-0.2, 0) is 17.4 Å². The minimum atomic E-state index is -4.81. The highest BCUT2D eigenvalue weighted by Crippen LogP contribution is 2.40. The first-order valence-electron chi connectivity index (χ1n) is 7.10. The molecular weight excluding hydrogens is 375 g/mol. The first-order valence-corrected chi connectivity index (χ1v) is 7.48. The molecule has 0 bridgehead atoms. The molecule has 0 fully saturated rings. The average molecular weight is 385 g/mol. The number of halogens is 4. The number of hydrogen-bond donors (Lipinski definition) is 1. The maximum atomic E-state index is 13.3. The van der Waals surface area contributed by atoms with Crippen molar-refractivity contribution in [2.75, 3.05) is 7.11 Å². The van der Waals surface area contributed by atoms with Crippen LogP contribution in [-0.4, -0.2) is 24.2 Å². The molecule has 1 N–H and O–H groups in total. The van der Waals surface area contributed by atoms with Gasteiger partial charge in [-0.05, 0) is 23.8 Å². The van der Waals surface area contributed by atoms with Gasteiger partial charge in [0.2, 0.25) is 11.8 Å². The van der Waals surface area contributed by atoms with Crippen LogP contribution < -0.4 is 14.9 Å². The Morgan fingerprint density at radius 1 is 1.35 bits per heavy atom. The lowest BCUT2D eigenvalue weighted by molar-refractivity contribution is -0.138. The number of aromatic nitrogens is 1. The number of nitrogens with zero attached hydrogens (tertiary/aromatic N) is 2. The summed E-state index contributed by atoms with van der Waals surface area (Å²) in [5.41, 5.74) is -0.798. The molecule has 6 nitrogen and oxygen atoms in total. The van der Waals surface area contributed by atoms with Gasteiger partial charge in [-0.2, -0.15) is 23.4 Å². The van der Waals surface area contributed by atoms with Gasteiger partial charge in [-0.25, -0.2) is 0 Å². The second kappa shape index (κ2) is 6.68. The van der Waals surface area contributed by atoms with Crippen LogP contribution in [0.15, 0.2) is 18.2 Å². The molecule has 0 saturated carbocycles. The molecule has 1 aliphatic rings. The highest BCUT2D eigenvalue weighted by Gasteiger charge is 2.37. The predicted molar refractivity (Wildman–Crippen MR) is 84.4 cm³/mol. The van der Waals surface area contributed by atoms with Gasteiger partial charge in [0.25, 0.3) is 0 Å². The quantitative estimate of drug-likeness (QED) is 0.819. The molecule has 0 amide bonds. The largest absolute Gasteiger partial charge is 0.493 e. The lowest BCUT2D eigenvalue weighted by Crippen LogP contribution is -2.29. The van der Waals surface area contributed by atoms with Crippen molar-refractivity contribution in [3.05, 3.63) is 39.9 Å². The van der Waals surface area contributed by atoms with Crippen LogP contribution in [0.2, 0.25) is 5.02 Å². The van der Waals surface area contributed by atoms with Crippen LogP contribution in [0.25, 0.3) is 0 Å². The molecule has 0 atom stereocenters. The number of pyridine rings is 1. The van der Waals surface area contributed by atoms with Gasteiger partial charge >= 0.3 is 13.3 Å². The Morgan fingerprint density at radius 3 is 2.69 bits per heavy atom. The van der Waals surface area contributed by atoms with Gasteiger partial charge in [0, 0.05) is 10.5 Å². The maximum Gasteiger partial charge on any atom is 0.493 e. The van der Waals surface area contributed by atoms with Gasteiger partial charge in [-0.1, -0.05) is 11.6 Å². The van der Waals surface area contributed by atoms with Gasteiger partial charge in [0.15, 0.2) is 0 Å². The topological polar surface area (TPSA) is 84.6 Å². The number of hydrogen-bond acceptors (Lipinski definition) is 6. The normalized spacial score (nSPS) is 13.3. The van der Waals surface area contributed by atoms with Gasteiger partial charge in [0.1, 0.15) is 22.9 Å². The summed E-state index contributed by atoms with van der Waals surface area (Å²) in [5.74, 6) is -1.12. The molecule has 1 aromatic carbocycles. The molecule has 11 heteroatoms. The van der Waals surface area contributed by atoms with E-state index in [1.54, 1.807) is 6.07 Å².